The monoisotopic (exact) mass is 186 g/mol. The summed E-state index contributed by atoms with van der Waals surface area (Å²) in [6.45, 7) is 0. The number of phenols is 1. The van der Waals surface area contributed by atoms with Crippen LogP contribution in [0.15, 0.2) is 24.2 Å². The number of rotatable bonds is 3. The first-order valence-corrected chi connectivity index (χ1v) is 3.35. The Hall–Kier alpha value is -1.55. The summed E-state index contributed by atoms with van der Waals surface area (Å²) in [5, 5.41) is 18.1. The van der Waals surface area contributed by atoms with E-state index in [0.29, 0.717) is 0 Å². The van der Waals surface area contributed by atoms with E-state index in [1.165, 1.54) is 0 Å². The van der Waals surface area contributed by atoms with E-state index in [1.807, 2.05) is 0 Å². The van der Waals surface area contributed by atoms with Gasteiger partial charge in [-0.1, -0.05) is 12.1 Å². The van der Waals surface area contributed by atoms with Gasteiger partial charge in [0.1, 0.15) is 11.8 Å². The maximum Gasteiger partial charge on any atom is 0.320 e. The van der Waals surface area contributed by atoms with Crippen molar-refractivity contribution in [3.8, 4) is 5.75 Å². The normalized spacial score (nSPS) is 21.5. The number of carbonyl (C=O) groups is 1. The summed E-state index contributed by atoms with van der Waals surface area (Å²) in [7, 11) is 0. The molecule has 1 aromatic carbocycles. The van der Waals surface area contributed by atoms with Gasteiger partial charge in [-0.3, -0.25) is 4.79 Å². The number of hydrogen-bond donors (Lipinski definition) is 3. The van der Waals surface area contributed by atoms with E-state index in [4.69, 9.17) is 17.7 Å². The van der Waals surface area contributed by atoms with Crippen LogP contribution in [0.5, 0.6) is 5.75 Å². The van der Waals surface area contributed by atoms with Crippen LogP contribution in [0, 0.1) is 0 Å². The minimum absolute atomic E-state index is 0.400. The summed E-state index contributed by atoms with van der Waals surface area (Å²) >= 11 is 0. The van der Waals surface area contributed by atoms with Crippen LogP contribution in [0.1, 0.15) is 12.4 Å². The molecule has 0 fully saturated rings. The SMILES string of the molecule is [2H]c1ccc(C([2H])([2H])[C@@]([2H])(N)C(=O)O)c([2H])c1O. The first kappa shape index (κ1) is 4.62. The molecule has 0 aliphatic heterocycles. The molecule has 13 heavy (non-hydrogen) atoms. The van der Waals surface area contributed by atoms with Crippen LogP contribution in [0.2, 0.25) is 0 Å². The van der Waals surface area contributed by atoms with E-state index in [-0.39, 0.29) is 0 Å². The fourth-order valence-electron chi connectivity index (χ4n) is 0.681. The van der Waals surface area contributed by atoms with Gasteiger partial charge in [0.05, 0.1) is 4.11 Å². The average Bonchev–Trinajstić information content (AvgIpc) is 2.25. The van der Waals surface area contributed by atoms with Gasteiger partial charge in [-0.25, -0.2) is 0 Å². The van der Waals surface area contributed by atoms with Gasteiger partial charge in [0.25, 0.3) is 0 Å². The highest BCUT2D eigenvalue weighted by atomic mass is 16.4. The van der Waals surface area contributed by atoms with Crippen LogP contribution in [0.3, 0.4) is 0 Å². The van der Waals surface area contributed by atoms with E-state index >= 15 is 0 Å². The Morgan fingerprint density at radius 3 is 3.23 bits per heavy atom. The number of carboxylic acid groups (broad SMARTS) is 1. The molecule has 0 saturated carbocycles. The molecule has 4 heteroatoms. The maximum atomic E-state index is 10.8. The molecule has 0 aliphatic rings. The second-order valence-corrected chi connectivity index (χ2v) is 2.21. The number of carboxylic acids is 1. The van der Waals surface area contributed by atoms with Crippen molar-refractivity contribution < 1.29 is 21.9 Å². The summed E-state index contributed by atoms with van der Waals surface area (Å²) in [4.78, 5) is 10.8. The maximum absolute atomic E-state index is 10.8. The molecule has 0 spiro atoms. The van der Waals surface area contributed by atoms with Gasteiger partial charge in [-0.05, 0) is 24.0 Å². The Kier molecular flexibility index (Phi) is 1.39. The van der Waals surface area contributed by atoms with Gasteiger partial charge >= 0.3 is 5.97 Å². The lowest BCUT2D eigenvalue weighted by Crippen LogP contribution is -2.32. The second-order valence-electron chi connectivity index (χ2n) is 2.21. The van der Waals surface area contributed by atoms with Crippen molar-refractivity contribution in [1.82, 2.24) is 0 Å². The Morgan fingerprint density at radius 1 is 1.92 bits per heavy atom. The van der Waals surface area contributed by atoms with Crippen molar-refractivity contribution in [2.45, 2.75) is 12.4 Å². The van der Waals surface area contributed by atoms with Gasteiger partial charge in [-0.15, -0.1) is 0 Å². The number of aliphatic carboxylic acids is 1. The number of hydrogen-bond acceptors (Lipinski definition) is 3. The molecule has 1 rings (SSSR count). The van der Waals surface area contributed by atoms with Crippen LogP contribution in [0.25, 0.3) is 0 Å². The lowest BCUT2D eigenvalue weighted by molar-refractivity contribution is -0.138. The molecule has 4 N–H and O–H groups in total. The van der Waals surface area contributed by atoms with Gasteiger partial charge in [0.2, 0.25) is 0 Å². The fraction of sp³-hybridized carbons (Fsp3) is 0.222. The summed E-state index contributed by atoms with van der Waals surface area (Å²) in [6.07, 6.45) is -2.90. The number of nitrogens with two attached hydrogens (primary N) is 1. The molecule has 0 bridgehead atoms. The minimum atomic E-state index is -3.02. The lowest BCUT2D eigenvalue weighted by atomic mass is 10.1. The standard InChI is InChI=1S/C9H11NO3/c10-8(9(12)13)5-6-2-1-3-7(11)4-6/h1-4,8,11H,5,10H2,(H,12,13)/t8-/m1/s1/i3D,4D,5D2,8D. The Labute approximate surface area is 82.6 Å². The second kappa shape index (κ2) is 3.91. The number of phenolic OH excluding ortho intramolecular Hbond substituents is 1. The molecular formula is C9H11NO3. The molecule has 1 atom stereocenters. The van der Waals surface area contributed by atoms with Crippen LogP contribution in [-0.2, 0) is 11.2 Å². The zero-order valence-corrected chi connectivity index (χ0v) is 6.53. The smallest absolute Gasteiger partial charge is 0.320 e. The molecule has 0 amide bonds. The molecule has 70 valence electrons. The largest absolute Gasteiger partial charge is 0.508 e. The first-order valence-electron chi connectivity index (χ1n) is 5.85. The molecular weight excluding hydrogens is 170 g/mol. The topological polar surface area (TPSA) is 83.6 Å². The van der Waals surface area contributed by atoms with Crippen molar-refractivity contribution in [3.63, 3.8) is 0 Å². The van der Waals surface area contributed by atoms with Crippen LogP contribution in [0.4, 0.5) is 0 Å². The van der Waals surface area contributed by atoms with Gasteiger partial charge in [0, 0.05) is 2.74 Å². The van der Waals surface area contributed by atoms with E-state index in [0.717, 1.165) is 12.1 Å². The molecule has 0 aromatic heterocycles. The molecule has 0 aliphatic carbocycles. The van der Waals surface area contributed by atoms with E-state index in [2.05, 4.69) is 0 Å². The van der Waals surface area contributed by atoms with Crippen molar-refractivity contribution in [3.05, 3.63) is 29.8 Å². The summed E-state index contributed by atoms with van der Waals surface area (Å²) in [5.41, 5.74) is 4.55. The summed E-state index contributed by atoms with van der Waals surface area (Å²) < 4.78 is 37.2. The van der Waals surface area contributed by atoms with Crippen LogP contribution < -0.4 is 5.73 Å². The third-order valence-corrected chi connectivity index (χ3v) is 1.22. The highest BCUT2D eigenvalue weighted by molar-refractivity contribution is 5.73. The fourth-order valence-corrected chi connectivity index (χ4v) is 0.681. The van der Waals surface area contributed by atoms with Crippen LogP contribution >= 0.6 is 0 Å². The first-order chi connectivity index (χ1) is 8.03. The van der Waals surface area contributed by atoms with E-state index < -0.39 is 41.8 Å². The third kappa shape index (κ3) is 2.76. The number of aromatic hydroxyl groups is 1. The van der Waals surface area contributed by atoms with Gasteiger partial charge in [-0.2, -0.15) is 0 Å². The van der Waals surface area contributed by atoms with Gasteiger partial charge < -0.3 is 15.9 Å². The highest BCUT2D eigenvalue weighted by Crippen LogP contribution is 2.11. The average molecular weight is 186 g/mol. The molecule has 0 heterocycles. The Balaban J connectivity index is 3.47. The van der Waals surface area contributed by atoms with Crippen molar-refractivity contribution >= 4 is 5.97 Å². The Morgan fingerprint density at radius 2 is 2.62 bits per heavy atom. The Bertz CT molecular complexity index is 503. The van der Waals surface area contributed by atoms with Crippen molar-refractivity contribution in [2.24, 2.45) is 5.73 Å². The molecule has 1 aromatic rings. The zero-order valence-electron chi connectivity index (χ0n) is 11.5. The molecule has 4 nitrogen and oxygen atoms in total. The highest BCUT2D eigenvalue weighted by Gasteiger charge is 2.11. The summed E-state index contributed by atoms with van der Waals surface area (Å²) in [5.74, 6) is -2.70. The predicted octanol–water partition coefficient (Wildman–Crippen LogP) is 0.347. The minimum Gasteiger partial charge on any atom is -0.508 e. The summed E-state index contributed by atoms with van der Waals surface area (Å²) in [6, 6.07) is -2.21. The number of benzene rings is 1. The lowest BCUT2D eigenvalue weighted by Gasteiger charge is -2.05. The molecule has 0 radical (unpaired) electrons. The van der Waals surface area contributed by atoms with E-state index in [1.54, 1.807) is 0 Å². The third-order valence-electron chi connectivity index (χ3n) is 1.22. The van der Waals surface area contributed by atoms with Gasteiger partial charge in [0.15, 0.2) is 0 Å². The quantitative estimate of drug-likeness (QED) is 0.636. The molecule has 0 saturated heterocycles. The van der Waals surface area contributed by atoms with Crippen molar-refractivity contribution in [1.29, 1.82) is 0 Å². The molecule has 0 unspecified atom stereocenters. The van der Waals surface area contributed by atoms with Crippen LogP contribution in [-0.4, -0.2) is 22.2 Å². The van der Waals surface area contributed by atoms with Crippen molar-refractivity contribution in [2.75, 3.05) is 0 Å². The van der Waals surface area contributed by atoms with E-state index in [9.17, 15) is 9.90 Å². The predicted molar refractivity (Wildman–Crippen MR) is 47.4 cm³/mol. The zero-order chi connectivity index (χ0) is 14.3.